The Morgan fingerprint density at radius 1 is 1.05 bits per heavy atom. The van der Waals surface area contributed by atoms with Crippen LogP contribution in [-0.2, 0) is 0 Å². The smallest absolute Gasteiger partial charge is 0.0224 e. The van der Waals surface area contributed by atoms with Crippen LogP contribution in [0.5, 0.6) is 0 Å². The quantitative estimate of drug-likeness (QED) is 0.786. The highest BCUT2D eigenvalue weighted by molar-refractivity contribution is 4.97. The highest BCUT2D eigenvalue weighted by Crippen LogP contribution is 2.37. The summed E-state index contributed by atoms with van der Waals surface area (Å²) in [6.07, 6.45) is 11.6. The van der Waals surface area contributed by atoms with Crippen molar-refractivity contribution in [2.75, 3.05) is 13.1 Å². The first-order valence-corrected chi connectivity index (χ1v) is 8.78. The van der Waals surface area contributed by atoms with Gasteiger partial charge in [-0.25, -0.2) is 0 Å². The van der Waals surface area contributed by atoms with E-state index in [0.29, 0.717) is 0 Å². The summed E-state index contributed by atoms with van der Waals surface area (Å²) in [6, 6.07) is 2.47. The van der Waals surface area contributed by atoms with E-state index in [0.717, 1.165) is 30.0 Å². The minimum absolute atomic E-state index is 0.792. The van der Waals surface area contributed by atoms with Gasteiger partial charge in [0.15, 0.2) is 0 Å². The lowest BCUT2D eigenvalue weighted by Gasteiger charge is -2.46. The third-order valence-corrected chi connectivity index (χ3v) is 5.90. The van der Waals surface area contributed by atoms with Crippen molar-refractivity contribution < 1.29 is 0 Å². The molecule has 1 aliphatic heterocycles. The molecule has 0 aromatic carbocycles. The molecular weight excluding hydrogens is 232 g/mol. The molecule has 19 heavy (non-hydrogen) atoms. The lowest BCUT2D eigenvalue weighted by atomic mass is 9.91. The first-order chi connectivity index (χ1) is 9.29. The van der Waals surface area contributed by atoms with Gasteiger partial charge in [0.1, 0.15) is 0 Å². The molecule has 1 N–H and O–H groups in total. The van der Waals surface area contributed by atoms with Crippen LogP contribution < -0.4 is 5.32 Å². The van der Waals surface area contributed by atoms with Crippen LogP contribution >= 0.6 is 0 Å². The summed E-state index contributed by atoms with van der Waals surface area (Å²) < 4.78 is 0. The fourth-order valence-electron chi connectivity index (χ4n) is 4.41. The summed E-state index contributed by atoms with van der Waals surface area (Å²) in [7, 11) is 0. The van der Waals surface area contributed by atoms with Crippen molar-refractivity contribution in [3.8, 4) is 0 Å². The third kappa shape index (κ3) is 3.16. The molecule has 3 rings (SSSR count). The molecule has 110 valence electrons. The van der Waals surface area contributed by atoms with Gasteiger partial charge >= 0.3 is 0 Å². The Kier molecular flexibility index (Phi) is 4.48. The first-order valence-electron chi connectivity index (χ1n) is 8.78. The van der Waals surface area contributed by atoms with Crippen LogP contribution in [0.1, 0.15) is 65.2 Å². The van der Waals surface area contributed by atoms with Gasteiger partial charge in [-0.1, -0.05) is 33.1 Å². The second-order valence-corrected chi connectivity index (χ2v) is 7.29. The molecule has 4 atom stereocenters. The van der Waals surface area contributed by atoms with Crippen LogP contribution in [0.3, 0.4) is 0 Å². The van der Waals surface area contributed by atoms with Gasteiger partial charge in [-0.05, 0) is 43.9 Å². The maximum atomic E-state index is 3.84. The number of hydrogen-bond donors (Lipinski definition) is 1. The van der Waals surface area contributed by atoms with Crippen molar-refractivity contribution in [1.82, 2.24) is 10.2 Å². The molecule has 3 aliphatic rings. The van der Waals surface area contributed by atoms with Gasteiger partial charge in [0.25, 0.3) is 0 Å². The van der Waals surface area contributed by atoms with Crippen LogP contribution in [0.2, 0.25) is 0 Å². The molecule has 2 heteroatoms. The lowest BCUT2D eigenvalue weighted by molar-refractivity contribution is 0.0444. The van der Waals surface area contributed by atoms with Crippen LogP contribution in [0.25, 0.3) is 0 Å². The lowest BCUT2D eigenvalue weighted by Crippen LogP contribution is -2.60. The third-order valence-electron chi connectivity index (χ3n) is 5.90. The fraction of sp³-hybridized carbons (Fsp3) is 1.00. The molecule has 0 bridgehead atoms. The van der Waals surface area contributed by atoms with Gasteiger partial charge < -0.3 is 5.32 Å². The summed E-state index contributed by atoms with van der Waals surface area (Å²) in [6.45, 7) is 7.45. The van der Waals surface area contributed by atoms with Crippen molar-refractivity contribution in [2.24, 2.45) is 11.8 Å². The Hall–Kier alpha value is -0.0800. The Morgan fingerprint density at radius 3 is 2.58 bits per heavy atom. The summed E-state index contributed by atoms with van der Waals surface area (Å²) in [5, 5.41) is 3.84. The predicted octanol–water partition coefficient (Wildman–Crippen LogP) is 3.42. The summed E-state index contributed by atoms with van der Waals surface area (Å²) in [4.78, 5) is 2.93. The average molecular weight is 264 g/mol. The maximum absolute atomic E-state index is 3.84. The van der Waals surface area contributed by atoms with Crippen molar-refractivity contribution in [3.05, 3.63) is 0 Å². The van der Waals surface area contributed by atoms with E-state index in [2.05, 4.69) is 24.1 Å². The molecule has 2 nitrogen and oxygen atoms in total. The van der Waals surface area contributed by atoms with Crippen molar-refractivity contribution >= 4 is 0 Å². The second kappa shape index (κ2) is 6.13. The van der Waals surface area contributed by atoms with E-state index in [1.807, 2.05) is 0 Å². The molecule has 0 aromatic heterocycles. The molecule has 1 saturated heterocycles. The highest BCUT2D eigenvalue weighted by atomic mass is 15.3. The molecule has 3 fully saturated rings. The van der Waals surface area contributed by atoms with E-state index in [4.69, 9.17) is 0 Å². The number of nitrogens with one attached hydrogen (secondary N) is 1. The number of nitrogens with zero attached hydrogens (tertiary/aromatic N) is 1. The van der Waals surface area contributed by atoms with E-state index in [9.17, 15) is 0 Å². The number of piperazine rings is 1. The summed E-state index contributed by atoms with van der Waals surface area (Å²) in [5.41, 5.74) is 0. The van der Waals surface area contributed by atoms with E-state index < -0.39 is 0 Å². The van der Waals surface area contributed by atoms with E-state index in [1.165, 1.54) is 64.5 Å². The van der Waals surface area contributed by atoms with Gasteiger partial charge in [-0.15, -0.1) is 0 Å². The molecule has 1 heterocycles. The first kappa shape index (κ1) is 13.9. The van der Waals surface area contributed by atoms with Crippen LogP contribution in [0.15, 0.2) is 0 Å². The Morgan fingerprint density at radius 2 is 1.84 bits per heavy atom. The molecular formula is C17H32N2. The molecule has 2 saturated carbocycles. The summed E-state index contributed by atoms with van der Waals surface area (Å²) in [5.74, 6) is 1.91. The molecule has 0 aromatic rings. The number of rotatable bonds is 3. The monoisotopic (exact) mass is 264 g/mol. The van der Waals surface area contributed by atoms with Crippen molar-refractivity contribution in [3.63, 3.8) is 0 Å². The SMILES string of the molecule is CCC1CNC(C2CC2)CN1C1CCCCCC1C. The highest BCUT2D eigenvalue weighted by Gasteiger charge is 2.40. The number of hydrogen-bond acceptors (Lipinski definition) is 2. The zero-order valence-electron chi connectivity index (χ0n) is 12.9. The minimum atomic E-state index is 0.792. The molecule has 0 radical (unpaired) electrons. The van der Waals surface area contributed by atoms with Crippen molar-refractivity contribution in [1.29, 1.82) is 0 Å². The minimum Gasteiger partial charge on any atom is -0.311 e. The molecule has 0 amide bonds. The zero-order valence-corrected chi connectivity index (χ0v) is 12.9. The topological polar surface area (TPSA) is 15.3 Å². The van der Waals surface area contributed by atoms with Gasteiger partial charge in [0.2, 0.25) is 0 Å². The van der Waals surface area contributed by atoms with Crippen LogP contribution in [0.4, 0.5) is 0 Å². The van der Waals surface area contributed by atoms with E-state index >= 15 is 0 Å². The largest absolute Gasteiger partial charge is 0.311 e. The van der Waals surface area contributed by atoms with Gasteiger partial charge in [-0.3, -0.25) is 4.90 Å². The molecule has 2 aliphatic carbocycles. The summed E-state index contributed by atoms with van der Waals surface area (Å²) >= 11 is 0. The average Bonchev–Trinajstić information content (AvgIpc) is 3.25. The zero-order chi connectivity index (χ0) is 13.2. The second-order valence-electron chi connectivity index (χ2n) is 7.29. The fourth-order valence-corrected chi connectivity index (χ4v) is 4.41. The standard InChI is InChI=1S/C17H32N2/c1-3-15-11-18-16(14-9-10-14)12-19(15)17-8-6-4-5-7-13(17)2/h13-18H,3-12H2,1-2H3. The maximum Gasteiger partial charge on any atom is 0.0224 e. The van der Waals surface area contributed by atoms with Gasteiger partial charge in [0.05, 0.1) is 0 Å². The molecule has 0 spiro atoms. The van der Waals surface area contributed by atoms with Crippen molar-refractivity contribution in [2.45, 2.75) is 83.3 Å². The van der Waals surface area contributed by atoms with Gasteiger partial charge in [0, 0.05) is 31.2 Å². The van der Waals surface area contributed by atoms with Crippen LogP contribution in [0, 0.1) is 11.8 Å². The van der Waals surface area contributed by atoms with E-state index in [1.54, 1.807) is 0 Å². The molecule has 4 unspecified atom stereocenters. The Balaban J connectivity index is 1.69. The normalized spacial score (nSPS) is 42.0. The predicted molar refractivity (Wildman–Crippen MR) is 81.3 cm³/mol. The Labute approximate surface area is 119 Å². The van der Waals surface area contributed by atoms with E-state index in [-0.39, 0.29) is 0 Å². The van der Waals surface area contributed by atoms with Gasteiger partial charge in [-0.2, -0.15) is 0 Å². The Bertz CT molecular complexity index is 287. The van der Waals surface area contributed by atoms with Crippen LogP contribution in [-0.4, -0.2) is 36.1 Å².